The third kappa shape index (κ3) is 2.74. The molecule has 1 saturated heterocycles. The average Bonchev–Trinajstić information content (AvgIpc) is 3.03. The van der Waals surface area contributed by atoms with Crippen molar-refractivity contribution in [2.24, 2.45) is 0 Å². The van der Waals surface area contributed by atoms with Gasteiger partial charge in [0.2, 0.25) is 0 Å². The molecule has 3 rings (SSSR count). The molecule has 1 aliphatic rings. The summed E-state index contributed by atoms with van der Waals surface area (Å²) in [5, 5.41) is 2.74. The van der Waals surface area contributed by atoms with E-state index in [-0.39, 0.29) is 5.91 Å². The fourth-order valence-electron chi connectivity index (χ4n) is 2.21. The van der Waals surface area contributed by atoms with E-state index in [4.69, 9.17) is 0 Å². The SMILES string of the molecule is O=C(Nc1cc(N2CCCC2)ncn1)c1ccccn1. The highest BCUT2D eigenvalue weighted by atomic mass is 16.1. The van der Waals surface area contributed by atoms with E-state index >= 15 is 0 Å². The lowest BCUT2D eigenvalue weighted by atomic mass is 10.3. The van der Waals surface area contributed by atoms with E-state index in [0.29, 0.717) is 11.5 Å². The van der Waals surface area contributed by atoms with Gasteiger partial charge in [-0.3, -0.25) is 9.78 Å². The molecule has 0 atom stereocenters. The molecule has 1 N–H and O–H groups in total. The van der Waals surface area contributed by atoms with Crippen LogP contribution in [0.2, 0.25) is 0 Å². The number of pyridine rings is 1. The molecule has 0 bridgehead atoms. The maximum atomic E-state index is 12.0. The van der Waals surface area contributed by atoms with Crippen molar-refractivity contribution >= 4 is 17.5 Å². The molecular formula is C14H15N5O. The van der Waals surface area contributed by atoms with Crippen LogP contribution in [0.5, 0.6) is 0 Å². The number of amides is 1. The van der Waals surface area contributed by atoms with Crippen LogP contribution >= 0.6 is 0 Å². The number of carbonyl (C=O) groups excluding carboxylic acids is 1. The van der Waals surface area contributed by atoms with Crippen LogP contribution in [-0.4, -0.2) is 33.9 Å². The number of nitrogens with one attached hydrogen (secondary N) is 1. The topological polar surface area (TPSA) is 71.0 Å². The lowest BCUT2D eigenvalue weighted by Crippen LogP contribution is -2.20. The average molecular weight is 269 g/mol. The van der Waals surface area contributed by atoms with Crippen LogP contribution in [0, 0.1) is 0 Å². The highest BCUT2D eigenvalue weighted by Gasteiger charge is 2.15. The quantitative estimate of drug-likeness (QED) is 0.918. The molecule has 0 spiro atoms. The first-order valence-corrected chi connectivity index (χ1v) is 6.62. The van der Waals surface area contributed by atoms with E-state index in [1.165, 1.54) is 19.2 Å². The van der Waals surface area contributed by atoms with Gasteiger partial charge in [-0.1, -0.05) is 6.07 Å². The van der Waals surface area contributed by atoms with Gasteiger partial charge in [0.05, 0.1) is 0 Å². The molecule has 1 aliphatic heterocycles. The summed E-state index contributed by atoms with van der Waals surface area (Å²) in [6.45, 7) is 2.01. The Morgan fingerprint density at radius 3 is 2.75 bits per heavy atom. The normalized spacial score (nSPS) is 14.3. The van der Waals surface area contributed by atoms with E-state index in [9.17, 15) is 4.79 Å². The molecule has 0 radical (unpaired) electrons. The van der Waals surface area contributed by atoms with Crippen molar-refractivity contribution in [1.82, 2.24) is 15.0 Å². The smallest absolute Gasteiger partial charge is 0.275 e. The summed E-state index contributed by atoms with van der Waals surface area (Å²) in [7, 11) is 0. The maximum absolute atomic E-state index is 12.0. The fraction of sp³-hybridized carbons (Fsp3) is 0.286. The minimum atomic E-state index is -0.267. The molecule has 0 unspecified atom stereocenters. The molecule has 2 aromatic heterocycles. The highest BCUT2D eigenvalue weighted by Crippen LogP contribution is 2.19. The third-order valence-corrected chi connectivity index (χ3v) is 3.22. The van der Waals surface area contributed by atoms with Crippen LogP contribution in [0.1, 0.15) is 23.3 Å². The second-order valence-electron chi connectivity index (χ2n) is 4.62. The summed E-state index contributed by atoms with van der Waals surface area (Å²) in [6.07, 6.45) is 5.42. The molecule has 0 saturated carbocycles. The van der Waals surface area contributed by atoms with Crippen molar-refractivity contribution in [1.29, 1.82) is 0 Å². The molecule has 1 amide bonds. The molecular weight excluding hydrogens is 254 g/mol. The van der Waals surface area contributed by atoms with E-state index in [2.05, 4.69) is 25.2 Å². The number of aromatic nitrogens is 3. The second kappa shape index (κ2) is 5.64. The highest BCUT2D eigenvalue weighted by molar-refractivity contribution is 6.02. The zero-order valence-electron chi connectivity index (χ0n) is 11.0. The minimum Gasteiger partial charge on any atom is -0.356 e. The van der Waals surface area contributed by atoms with Crippen molar-refractivity contribution in [2.75, 3.05) is 23.3 Å². The largest absolute Gasteiger partial charge is 0.356 e. The van der Waals surface area contributed by atoms with Crippen molar-refractivity contribution < 1.29 is 4.79 Å². The van der Waals surface area contributed by atoms with E-state index in [0.717, 1.165) is 18.9 Å². The van der Waals surface area contributed by atoms with Gasteiger partial charge in [-0.15, -0.1) is 0 Å². The zero-order chi connectivity index (χ0) is 13.8. The molecule has 2 aromatic rings. The predicted octanol–water partition coefficient (Wildman–Crippen LogP) is 1.72. The number of nitrogens with zero attached hydrogens (tertiary/aromatic N) is 4. The number of rotatable bonds is 3. The number of hydrogen-bond acceptors (Lipinski definition) is 5. The lowest BCUT2D eigenvalue weighted by Gasteiger charge is -2.16. The van der Waals surface area contributed by atoms with Crippen molar-refractivity contribution in [2.45, 2.75) is 12.8 Å². The lowest BCUT2D eigenvalue weighted by molar-refractivity contribution is 0.102. The van der Waals surface area contributed by atoms with Crippen LogP contribution in [-0.2, 0) is 0 Å². The number of hydrogen-bond donors (Lipinski definition) is 1. The Morgan fingerprint density at radius 1 is 1.15 bits per heavy atom. The first-order chi connectivity index (χ1) is 9.83. The molecule has 20 heavy (non-hydrogen) atoms. The molecule has 6 heteroatoms. The summed E-state index contributed by atoms with van der Waals surface area (Å²) < 4.78 is 0. The molecule has 1 fully saturated rings. The molecule has 6 nitrogen and oxygen atoms in total. The predicted molar refractivity (Wildman–Crippen MR) is 75.7 cm³/mol. The van der Waals surface area contributed by atoms with Gasteiger partial charge in [-0.05, 0) is 25.0 Å². The Hall–Kier alpha value is -2.50. The molecule has 102 valence electrons. The summed E-state index contributed by atoms with van der Waals surface area (Å²) in [4.78, 5) is 26.5. The first kappa shape index (κ1) is 12.5. The summed E-state index contributed by atoms with van der Waals surface area (Å²) in [5.41, 5.74) is 0.369. The summed E-state index contributed by atoms with van der Waals surface area (Å²) >= 11 is 0. The standard InChI is InChI=1S/C14H15N5O/c20-14(11-5-1-2-6-15-11)18-12-9-13(17-10-16-12)19-7-3-4-8-19/h1-2,5-6,9-10H,3-4,7-8H2,(H,16,17,18,20). The van der Waals surface area contributed by atoms with Gasteiger partial charge in [-0.2, -0.15) is 0 Å². The number of anilines is 2. The van der Waals surface area contributed by atoms with Crippen LogP contribution in [0.3, 0.4) is 0 Å². The van der Waals surface area contributed by atoms with Gasteiger partial charge >= 0.3 is 0 Å². The van der Waals surface area contributed by atoms with Gasteiger partial charge < -0.3 is 10.2 Å². The van der Waals surface area contributed by atoms with Gasteiger partial charge in [0, 0.05) is 25.4 Å². The Morgan fingerprint density at radius 2 is 2.00 bits per heavy atom. The van der Waals surface area contributed by atoms with Crippen molar-refractivity contribution in [3.8, 4) is 0 Å². The van der Waals surface area contributed by atoms with Gasteiger partial charge in [0.1, 0.15) is 23.7 Å². The zero-order valence-corrected chi connectivity index (χ0v) is 11.0. The van der Waals surface area contributed by atoms with Crippen LogP contribution in [0.4, 0.5) is 11.6 Å². The first-order valence-electron chi connectivity index (χ1n) is 6.62. The van der Waals surface area contributed by atoms with Crippen molar-refractivity contribution in [3.63, 3.8) is 0 Å². The Kier molecular flexibility index (Phi) is 3.54. The minimum absolute atomic E-state index is 0.267. The molecule has 3 heterocycles. The Bertz CT molecular complexity index is 596. The van der Waals surface area contributed by atoms with Crippen molar-refractivity contribution in [3.05, 3.63) is 42.5 Å². The fourth-order valence-corrected chi connectivity index (χ4v) is 2.21. The molecule has 0 aliphatic carbocycles. The molecule has 0 aromatic carbocycles. The third-order valence-electron chi connectivity index (χ3n) is 3.22. The Balaban J connectivity index is 1.74. The summed E-state index contributed by atoms with van der Waals surface area (Å²) in [5.74, 6) is 1.09. The van der Waals surface area contributed by atoms with E-state index in [1.807, 2.05) is 0 Å². The Labute approximate surface area is 116 Å². The van der Waals surface area contributed by atoms with Crippen LogP contribution in [0.25, 0.3) is 0 Å². The number of carbonyl (C=O) groups is 1. The maximum Gasteiger partial charge on any atom is 0.275 e. The van der Waals surface area contributed by atoms with Gasteiger partial charge in [0.15, 0.2) is 0 Å². The monoisotopic (exact) mass is 269 g/mol. The van der Waals surface area contributed by atoms with Crippen LogP contribution < -0.4 is 10.2 Å². The van der Waals surface area contributed by atoms with E-state index in [1.54, 1.807) is 30.5 Å². The van der Waals surface area contributed by atoms with Crippen LogP contribution in [0.15, 0.2) is 36.8 Å². The van der Waals surface area contributed by atoms with E-state index < -0.39 is 0 Å². The summed E-state index contributed by atoms with van der Waals surface area (Å²) in [6, 6.07) is 7.01. The second-order valence-corrected chi connectivity index (χ2v) is 4.62. The van der Waals surface area contributed by atoms with Gasteiger partial charge in [0.25, 0.3) is 5.91 Å². The van der Waals surface area contributed by atoms with Gasteiger partial charge in [-0.25, -0.2) is 9.97 Å².